The molecule has 4 aromatic heterocycles. The van der Waals surface area contributed by atoms with Gasteiger partial charge in [-0.2, -0.15) is 18.8 Å². The van der Waals surface area contributed by atoms with E-state index in [9.17, 15) is 37.5 Å². The molecule has 4 amide bonds. The number of aromatic nitrogens is 10. The Bertz CT molecular complexity index is 1970. The SMILES string of the molecule is C.CC(C)(C)OC(=O)NCCCC[C@H](NC(=O)c1ccc(F)nc1)C(=O)CCl.CC(C)(C)OC(=O)NCCCC[C@H](NC(=O)c1ccc(F)nc1)C(=O)Cn1ncnn1.c1nn[nH]n1. The number of unbranched alkanes of at least 4 members (excludes halogenated alkanes) is 2. The van der Waals surface area contributed by atoms with Gasteiger partial charge < -0.3 is 30.7 Å². The summed E-state index contributed by atoms with van der Waals surface area (Å²) in [7, 11) is 0. The molecule has 0 saturated heterocycles. The molecule has 0 spiro atoms. The smallest absolute Gasteiger partial charge is 0.407 e. The number of ether oxygens (including phenoxy) is 2. The van der Waals surface area contributed by atoms with E-state index in [1.165, 1.54) is 24.8 Å². The first-order valence-electron chi connectivity index (χ1n) is 19.5. The maximum absolute atomic E-state index is 13.0. The number of nitrogens with zero attached hydrogens (tertiary/aromatic N) is 9. The Balaban J connectivity index is 0.000000571. The first kappa shape index (κ1) is 55.4. The molecule has 0 aliphatic heterocycles. The van der Waals surface area contributed by atoms with Crippen LogP contribution in [0.4, 0.5) is 18.4 Å². The van der Waals surface area contributed by atoms with Crippen LogP contribution in [0, 0.1) is 11.9 Å². The number of rotatable bonds is 19. The lowest BCUT2D eigenvalue weighted by molar-refractivity contribution is -0.122. The molecule has 22 nitrogen and oxygen atoms in total. The number of amides is 4. The number of Topliss-reactive ketones (excluding diaryl/α,β-unsaturated/α-hetero) is 2. The number of nitrogens with one attached hydrogen (secondary N) is 5. The number of pyridine rings is 2. The van der Waals surface area contributed by atoms with E-state index >= 15 is 0 Å². The average Bonchev–Trinajstić information content (AvgIpc) is 3.97. The van der Waals surface area contributed by atoms with Crippen LogP contribution >= 0.6 is 11.6 Å². The number of alkyl halides is 1. The van der Waals surface area contributed by atoms with Crippen LogP contribution in [0.3, 0.4) is 0 Å². The summed E-state index contributed by atoms with van der Waals surface area (Å²) in [4.78, 5) is 80.4. The number of carbonyl (C=O) groups is 6. The molecule has 0 aliphatic carbocycles. The van der Waals surface area contributed by atoms with E-state index in [-0.39, 0.29) is 42.5 Å². The van der Waals surface area contributed by atoms with Crippen LogP contribution < -0.4 is 21.3 Å². The molecule has 4 rings (SSSR count). The van der Waals surface area contributed by atoms with E-state index < -0.39 is 59.2 Å². The zero-order valence-electron chi connectivity index (χ0n) is 35.8. The van der Waals surface area contributed by atoms with Crippen LogP contribution in [-0.2, 0) is 25.6 Å². The van der Waals surface area contributed by atoms with Crippen molar-refractivity contribution in [2.45, 2.75) is 117 Å². The van der Waals surface area contributed by atoms with Crippen LogP contribution in [-0.4, -0.2) is 129 Å². The average molecular weight is 923 g/mol. The van der Waals surface area contributed by atoms with Crippen molar-refractivity contribution in [1.29, 1.82) is 0 Å². The van der Waals surface area contributed by atoms with Crippen molar-refractivity contribution in [3.8, 4) is 0 Å². The summed E-state index contributed by atoms with van der Waals surface area (Å²) in [6, 6.07) is 3.10. The van der Waals surface area contributed by atoms with Crippen LogP contribution in [0.15, 0.2) is 49.3 Å². The van der Waals surface area contributed by atoms with E-state index in [2.05, 4.69) is 67.3 Å². The van der Waals surface area contributed by atoms with Crippen LogP contribution in [0.1, 0.15) is 108 Å². The van der Waals surface area contributed by atoms with Crippen molar-refractivity contribution in [2.75, 3.05) is 19.0 Å². The van der Waals surface area contributed by atoms with Gasteiger partial charge in [0, 0.05) is 25.5 Å². The maximum Gasteiger partial charge on any atom is 0.407 e. The van der Waals surface area contributed by atoms with Gasteiger partial charge in [-0.3, -0.25) is 19.2 Å². The van der Waals surface area contributed by atoms with Crippen LogP contribution in [0.25, 0.3) is 0 Å². The van der Waals surface area contributed by atoms with E-state index in [1.807, 2.05) is 0 Å². The molecule has 0 bridgehead atoms. The van der Waals surface area contributed by atoms with Crippen molar-refractivity contribution in [2.24, 2.45) is 0 Å². The minimum absolute atomic E-state index is 0. The number of hydrogen-bond donors (Lipinski definition) is 5. The van der Waals surface area contributed by atoms with Crippen LogP contribution in [0.5, 0.6) is 0 Å². The van der Waals surface area contributed by atoms with Crippen molar-refractivity contribution in [3.63, 3.8) is 0 Å². The standard InChI is InChI=1S/C19H26FN7O4.C18H25ClFN3O4.CH2N4.CH4/c1-19(2,3)31-18(30)21-9-5-4-6-14(15(28)11-27-24-12-23-26-27)25-17(29)13-7-8-16(20)22-10-13;1-18(2,3)27-17(26)21-9-5-4-6-13(14(24)10-19)23-16(25)12-7-8-15(20)22-11-12;1-2-4-5-3-1;/h7-8,10,12,14H,4-6,9,11H2,1-3H3,(H,21,30)(H,25,29);7-8,11,13H,4-6,9-10H2,1-3H3,(H,21,26)(H,23,25);1H,(H,2,3,4,5);1H4/t14-;13-;;/m00../s1. The van der Waals surface area contributed by atoms with Crippen molar-refractivity contribution in [3.05, 3.63) is 72.3 Å². The molecule has 0 fully saturated rings. The normalized spacial score (nSPS) is 11.6. The Morgan fingerprint density at radius 1 is 0.719 bits per heavy atom. The lowest BCUT2D eigenvalue weighted by Gasteiger charge is -2.20. The lowest BCUT2D eigenvalue weighted by Crippen LogP contribution is -2.42. The summed E-state index contributed by atoms with van der Waals surface area (Å²) in [6.45, 7) is 11.2. The number of ketones is 2. The third kappa shape index (κ3) is 24.8. The van der Waals surface area contributed by atoms with Crippen molar-refractivity contribution in [1.82, 2.24) is 72.1 Å². The van der Waals surface area contributed by atoms with E-state index in [4.69, 9.17) is 21.1 Å². The molecule has 0 unspecified atom stereocenters. The molecule has 25 heteroatoms. The zero-order chi connectivity index (χ0) is 46.8. The molecule has 0 radical (unpaired) electrons. The number of carbonyl (C=O) groups excluding carboxylic acids is 6. The molecule has 64 heavy (non-hydrogen) atoms. The van der Waals surface area contributed by atoms with Crippen molar-refractivity contribution >= 4 is 47.2 Å². The third-order valence-electron chi connectivity index (χ3n) is 7.63. The molecule has 4 heterocycles. The molecule has 4 aromatic rings. The quantitative estimate of drug-likeness (QED) is 0.0506. The van der Waals surface area contributed by atoms with Crippen LogP contribution in [0.2, 0.25) is 0 Å². The Labute approximate surface area is 374 Å². The zero-order valence-corrected chi connectivity index (χ0v) is 36.5. The minimum atomic E-state index is -0.829. The van der Waals surface area contributed by atoms with Crippen molar-refractivity contribution < 1.29 is 47.0 Å². The summed E-state index contributed by atoms with van der Waals surface area (Å²) in [6.07, 6.45) is 6.66. The second kappa shape index (κ2) is 28.9. The molecule has 5 N–H and O–H groups in total. The molecule has 352 valence electrons. The third-order valence-corrected chi connectivity index (χ3v) is 7.90. The van der Waals surface area contributed by atoms with E-state index in [0.717, 1.165) is 29.3 Å². The summed E-state index contributed by atoms with van der Waals surface area (Å²) in [5.41, 5.74) is -0.877. The van der Waals surface area contributed by atoms with Gasteiger partial charge in [-0.05, 0) is 110 Å². The fourth-order valence-electron chi connectivity index (χ4n) is 4.82. The fourth-order valence-corrected chi connectivity index (χ4v) is 5.01. The molecule has 0 aromatic carbocycles. The highest BCUT2D eigenvalue weighted by atomic mass is 35.5. The lowest BCUT2D eigenvalue weighted by atomic mass is 10.0. The molecular formula is C39H57ClF2N14O8. The van der Waals surface area contributed by atoms with Gasteiger partial charge in [0.2, 0.25) is 11.9 Å². The van der Waals surface area contributed by atoms with Gasteiger partial charge in [-0.25, -0.2) is 19.6 Å². The van der Waals surface area contributed by atoms with Gasteiger partial charge in [-0.1, -0.05) is 12.6 Å². The monoisotopic (exact) mass is 922 g/mol. The predicted octanol–water partition coefficient (Wildman–Crippen LogP) is 3.93. The summed E-state index contributed by atoms with van der Waals surface area (Å²) >= 11 is 5.60. The number of aromatic amines is 1. The molecule has 0 aliphatic rings. The Morgan fingerprint density at radius 2 is 1.20 bits per heavy atom. The predicted molar refractivity (Wildman–Crippen MR) is 227 cm³/mol. The summed E-state index contributed by atoms with van der Waals surface area (Å²) < 4.78 is 36.1. The summed E-state index contributed by atoms with van der Waals surface area (Å²) in [5, 5.41) is 33.7. The highest BCUT2D eigenvalue weighted by molar-refractivity contribution is 6.28. The highest BCUT2D eigenvalue weighted by Crippen LogP contribution is 2.10. The highest BCUT2D eigenvalue weighted by Gasteiger charge is 2.24. The Morgan fingerprint density at radius 3 is 1.55 bits per heavy atom. The minimum Gasteiger partial charge on any atom is -0.444 e. The number of halogens is 3. The molecule has 2 atom stereocenters. The number of H-pyrrole nitrogens is 1. The Kier molecular flexibility index (Phi) is 25.0. The number of tetrazole rings is 2. The van der Waals surface area contributed by atoms with Gasteiger partial charge in [-0.15, -0.1) is 32.0 Å². The molecule has 0 saturated carbocycles. The van der Waals surface area contributed by atoms with E-state index in [0.29, 0.717) is 51.6 Å². The second-order valence-corrected chi connectivity index (χ2v) is 15.5. The largest absolute Gasteiger partial charge is 0.444 e. The van der Waals surface area contributed by atoms with Gasteiger partial charge >= 0.3 is 12.2 Å². The molecular weight excluding hydrogens is 866 g/mol. The van der Waals surface area contributed by atoms with Gasteiger partial charge in [0.05, 0.1) is 29.1 Å². The van der Waals surface area contributed by atoms with Gasteiger partial charge in [0.1, 0.15) is 17.7 Å². The first-order chi connectivity index (χ1) is 29.8. The van der Waals surface area contributed by atoms with E-state index in [1.54, 1.807) is 41.5 Å². The number of alkyl carbamates (subject to hydrolysis) is 2. The van der Waals surface area contributed by atoms with Gasteiger partial charge in [0.15, 0.2) is 24.2 Å². The van der Waals surface area contributed by atoms with Gasteiger partial charge in [0.25, 0.3) is 11.8 Å². The topological polar surface area (TPSA) is 293 Å². The Hall–Kier alpha value is -6.59. The second-order valence-electron chi connectivity index (χ2n) is 15.2. The summed E-state index contributed by atoms with van der Waals surface area (Å²) in [5.74, 6) is -3.36. The maximum atomic E-state index is 13.0. The first-order valence-corrected chi connectivity index (χ1v) is 20.1. The number of hydrogen-bond acceptors (Lipinski definition) is 16. The fraction of sp³-hybridized carbons (Fsp3) is 0.538.